The SMILES string of the molecule is CCn1cc(Cl)c(CN(C)C(=S)Nc2ccn(Cc3ccccc3F)n2)n1. The van der Waals surface area contributed by atoms with E-state index in [1.165, 1.54) is 6.07 Å². The van der Waals surface area contributed by atoms with Gasteiger partial charge in [-0.3, -0.25) is 9.36 Å². The first-order valence-electron chi connectivity index (χ1n) is 8.47. The van der Waals surface area contributed by atoms with Gasteiger partial charge in [0.05, 0.1) is 18.1 Å². The highest BCUT2D eigenvalue weighted by molar-refractivity contribution is 7.80. The molecule has 0 bridgehead atoms. The fraction of sp³-hybridized carbons (Fsp3) is 0.278. The molecule has 0 fully saturated rings. The molecule has 0 atom stereocenters. The van der Waals surface area contributed by atoms with Crippen LogP contribution in [0.4, 0.5) is 10.2 Å². The van der Waals surface area contributed by atoms with Crippen LogP contribution in [0.25, 0.3) is 0 Å². The van der Waals surface area contributed by atoms with Gasteiger partial charge in [-0.25, -0.2) is 4.39 Å². The highest BCUT2D eigenvalue weighted by Crippen LogP contribution is 2.16. The molecule has 9 heteroatoms. The lowest BCUT2D eigenvalue weighted by atomic mass is 10.2. The molecule has 0 aliphatic heterocycles. The fourth-order valence-electron chi connectivity index (χ4n) is 2.53. The summed E-state index contributed by atoms with van der Waals surface area (Å²) >= 11 is 11.6. The van der Waals surface area contributed by atoms with Crippen molar-refractivity contribution in [1.29, 1.82) is 0 Å². The Bertz CT molecular complexity index is 938. The third kappa shape index (κ3) is 4.84. The summed E-state index contributed by atoms with van der Waals surface area (Å²) < 4.78 is 17.2. The molecular formula is C18H20ClFN6S. The van der Waals surface area contributed by atoms with Gasteiger partial charge in [0.2, 0.25) is 0 Å². The summed E-state index contributed by atoms with van der Waals surface area (Å²) in [5.41, 5.74) is 1.34. The molecule has 0 saturated heterocycles. The molecule has 2 heterocycles. The number of halogens is 2. The number of anilines is 1. The van der Waals surface area contributed by atoms with Crippen LogP contribution in [0.5, 0.6) is 0 Å². The topological polar surface area (TPSA) is 50.9 Å². The first kappa shape index (κ1) is 19.3. The normalized spacial score (nSPS) is 10.8. The molecule has 27 heavy (non-hydrogen) atoms. The van der Waals surface area contributed by atoms with E-state index in [0.29, 0.717) is 34.6 Å². The van der Waals surface area contributed by atoms with Crippen LogP contribution in [0, 0.1) is 5.82 Å². The minimum absolute atomic E-state index is 0.249. The Morgan fingerprint density at radius 1 is 1.26 bits per heavy atom. The first-order valence-corrected chi connectivity index (χ1v) is 9.25. The van der Waals surface area contributed by atoms with Crippen LogP contribution in [0.1, 0.15) is 18.2 Å². The molecule has 1 aromatic carbocycles. The van der Waals surface area contributed by atoms with E-state index < -0.39 is 0 Å². The van der Waals surface area contributed by atoms with Crippen molar-refractivity contribution in [1.82, 2.24) is 24.5 Å². The van der Waals surface area contributed by atoms with Gasteiger partial charge in [-0.05, 0) is 25.2 Å². The standard InChI is InChI=1S/C18H20ClFN6S/c1-3-25-11-14(19)16(22-25)12-24(2)18(27)21-17-8-9-26(23-17)10-13-6-4-5-7-15(13)20/h4-9,11H,3,10,12H2,1-2H3,(H,21,23,27). The van der Waals surface area contributed by atoms with Gasteiger partial charge in [0, 0.05) is 37.6 Å². The predicted octanol–water partition coefficient (Wildman–Crippen LogP) is 3.77. The van der Waals surface area contributed by atoms with E-state index in [-0.39, 0.29) is 5.82 Å². The molecule has 0 radical (unpaired) electrons. The second kappa shape index (κ2) is 8.49. The van der Waals surface area contributed by atoms with Crippen LogP contribution >= 0.6 is 23.8 Å². The van der Waals surface area contributed by atoms with E-state index >= 15 is 0 Å². The second-order valence-electron chi connectivity index (χ2n) is 6.06. The number of aromatic nitrogens is 4. The molecule has 3 rings (SSSR count). The summed E-state index contributed by atoms with van der Waals surface area (Å²) in [6.07, 6.45) is 3.57. The number of thiocarbonyl (C=S) groups is 1. The van der Waals surface area contributed by atoms with E-state index in [0.717, 1.165) is 12.2 Å². The molecule has 2 aromatic heterocycles. The van der Waals surface area contributed by atoms with Crippen LogP contribution < -0.4 is 5.32 Å². The Labute approximate surface area is 167 Å². The number of nitrogens with one attached hydrogen (secondary N) is 1. The number of benzene rings is 1. The van der Waals surface area contributed by atoms with Crippen molar-refractivity contribution >= 4 is 34.7 Å². The first-order chi connectivity index (χ1) is 13.0. The molecular weight excluding hydrogens is 387 g/mol. The van der Waals surface area contributed by atoms with Crippen LogP contribution in [0.15, 0.2) is 42.7 Å². The fourth-order valence-corrected chi connectivity index (χ4v) is 2.90. The molecule has 0 aliphatic rings. The van der Waals surface area contributed by atoms with Crippen LogP contribution in [-0.4, -0.2) is 36.6 Å². The lowest BCUT2D eigenvalue weighted by molar-refractivity contribution is 0.492. The number of hydrogen-bond donors (Lipinski definition) is 1. The highest BCUT2D eigenvalue weighted by atomic mass is 35.5. The molecule has 0 unspecified atom stereocenters. The molecule has 0 spiro atoms. The van der Waals surface area contributed by atoms with Crippen molar-refractivity contribution in [2.75, 3.05) is 12.4 Å². The van der Waals surface area contributed by atoms with Crippen molar-refractivity contribution in [2.24, 2.45) is 0 Å². The summed E-state index contributed by atoms with van der Waals surface area (Å²) in [6, 6.07) is 8.43. The van der Waals surface area contributed by atoms with Crippen LogP contribution in [0.2, 0.25) is 5.02 Å². The minimum Gasteiger partial charge on any atom is -0.346 e. The zero-order valence-electron chi connectivity index (χ0n) is 15.1. The van der Waals surface area contributed by atoms with E-state index in [4.69, 9.17) is 23.8 Å². The highest BCUT2D eigenvalue weighted by Gasteiger charge is 2.13. The average molecular weight is 407 g/mol. The van der Waals surface area contributed by atoms with Gasteiger partial charge in [0.25, 0.3) is 0 Å². The Morgan fingerprint density at radius 3 is 2.74 bits per heavy atom. The Balaban J connectivity index is 1.60. The maximum Gasteiger partial charge on any atom is 0.174 e. The maximum absolute atomic E-state index is 13.8. The Hall–Kier alpha value is -2.45. The summed E-state index contributed by atoms with van der Waals surface area (Å²) in [6.45, 7) is 3.58. The quantitative estimate of drug-likeness (QED) is 0.631. The van der Waals surface area contributed by atoms with Gasteiger partial charge in [-0.2, -0.15) is 10.2 Å². The van der Waals surface area contributed by atoms with Crippen LogP contribution in [-0.2, 0) is 19.6 Å². The van der Waals surface area contributed by atoms with E-state index in [1.807, 2.05) is 18.9 Å². The summed E-state index contributed by atoms with van der Waals surface area (Å²) in [5.74, 6) is 0.342. The second-order valence-corrected chi connectivity index (χ2v) is 6.85. The number of nitrogens with zero attached hydrogens (tertiary/aromatic N) is 5. The van der Waals surface area contributed by atoms with Gasteiger partial charge in [-0.15, -0.1) is 0 Å². The summed E-state index contributed by atoms with van der Waals surface area (Å²) in [5, 5.41) is 13.0. The molecule has 0 aliphatic carbocycles. The Morgan fingerprint density at radius 2 is 2.04 bits per heavy atom. The zero-order chi connectivity index (χ0) is 19.4. The van der Waals surface area contributed by atoms with Crippen molar-refractivity contribution in [3.63, 3.8) is 0 Å². The van der Waals surface area contributed by atoms with Crippen molar-refractivity contribution in [3.8, 4) is 0 Å². The maximum atomic E-state index is 13.8. The van der Waals surface area contributed by atoms with Gasteiger partial charge in [0.15, 0.2) is 10.9 Å². The summed E-state index contributed by atoms with van der Waals surface area (Å²) in [4.78, 5) is 1.83. The van der Waals surface area contributed by atoms with Crippen LogP contribution in [0.3, 0.4) is 0 Å². The van der Waals surface area contributed by atoms with Gasteiger partial charge >= 0.3 is 0 Å². The third-order valence-electron chi connectivity index (χ3n) is 4.01. The average Bonchev–Trinajstić information content (AvgIpc) is 3.23. The zero-order valence-corrected chi connectivity index (χ0v) is 16.6. The molecule has 3 aromatic rings. The smallest absolute Gasteiger partial charge is 0.174 e. The molecule has 0 saturated carbocycles. The van der Waals surface area contributed by atoms with E-state index in [9.17, 15) is 4.39 Å². The van der Waals surface area contributed by atoms with Crippen molar-refractivity contribution in [3.05, 3.63) is 64.8 Å². The lowest BCUT2D eigenvalue weighted by Gasteiger charge is -2.19. The third-order valence-corrected chi connectivity index (χ3v) is 4.74. The monoisotopic (exact) mass is 406 g/mol. The van der Waals surface area contributed by atoms with Crippen molar-refractivity contribution in [2.45, 2.75) is 26.6 Å². The summed E-state index contributed by atoms with van der Waals surface area (Å²) in [7, 11) is 1.85. The van der Waals surface area contributed by atoms with Crippen molar-refractivity contribution < 1.29 is 4.39 Å². The van der Waals surface area contributed by atoms with E-state index in [1.54, 1.807) is 46.0 Å². The minimum atomic E-state index is -0.249. The van der Waals surface area contributed by atoms with Gasteiger partial charge < -0.3 is 10.2 Å². The molecule has 142 valence electrons. The lowest BCUT2D eigenvalue weighted by Crippen LogP contribution is -2.31. The number of aryl methyl sites for hydroxylation is 1. The number of hydrogen-bond acceptors (Lipinski definition) is 3. The van der Waals surface area contributed by atoms with Gasteiger partial charge in [0.1, 0.15) is 11.5 Å². The molecule has 0 amide bonds. The molecule has 1 N–H and O–H groups in total. The largest absolute Gasteiger partial charge is 0.346 e. The van der Waals surface area contributed by atoms with E-state index in [2.05, 4.69) is 15.5 Å². The predicted molar refractivity (Wildman–Crippen MR) is 108 cm³/mol. The Kier molecular flexibility index (Phi) is 6.08. The van der Waals surface area contributed by atoms with Gasteiger partial charge in [-0.1, -0.05) is 29.8 Å². The number of rotatable bonds is 6. The molecule has 6 nitrogen and oxygen atoms in total.